The molecule has 3 aromatic carbocycles. The number of halogens is 2. The van der Waals surface area contributed by atoms with Gasteiger partial charge in [0.05, 0.1) is 11.3 Å². The molecule has 0 atom stereocenters. The van der Waals surface area contributed by atoms with Crippen LogP contribution in [-0.2, 0) is 0 Å². The quantitative estimate of drug-likeness (QED) is 0.425. The highest BCUT2D eigenvalue weighted by atomic mass is 79.9. The van der Waals surface area contributed by atoms with E-state index in [1.54, 1.807) is 18.2 Å². The van der Waals surface area contributed by atoms with E-state index in [0.29, 0.717) is 14.5 Å². The number of anilines is 1. The molecule has 0 aliphatic carbocycles. The Morgan fingerprint density at radius 2 is 1.67 bits per heavy atom. The van der Waals surface area contributed by atoms with Crippen molar-refractivity contribution in [3.05, 3.63) is 74.7 Å². The van der Waals surface area contributed by atoms with Gasteiger partial charge in [-0.05, 0) is 57.1 Å². The second-order valence-electron chi connectivity index (χ2n) is 5.55. The fraction of sp³-hybridized carbons (Fsp3) is 0. The summed E-state index contributed by atoms with van der Waals surface area (Å²) in [5.74, 6) is -1.50. The van der Waals surface area contributed by atoms with Gasteiger partial charge in [-0.25, -0.2) is 4.79 Å². The Hall–Kier alpha value is -2.29. The van der Waals surface area contributed by atoms with Gasteiger partial charge in [-0.2, -0.15) is 0 Å². The number of amides is 1. The first kappa shape index (κ1) is 19.5. The highest BCUT2D eigenvalue weighted by Gasteiger charge is 2.17. The number of carboxylic acid groups (broad SMARTS) is 1. The molecule has 3 aromatic rings. The van der Waals surface area contributed by atoms with Crippen molar-refractivity contribution >= 4 is 77.5 Å². The zero-order chi connectivity index (χ0) is 19.6. The number of nitrogens with one attached hydrogen (secondary N) is 2. The van der Waals surface area contributed by atoms with Crippen molar-refractivity contribution in [1.82, 2.24) is 5.32 Å². The van der Waals surface area contributed by atoms with Gasteiger partial charge in [0.15, 0.2) is 5.11 Å². The van der Waals surface area contributed by atoms with Crippen LogP contribution in [0.1, 0.15) is 20.7 Å². The van der Waals surface area contributed by atoms with Crippen molar-refractivity contribution < 1.29 is 14.7 Å². The van der Waals surface area contributed by atoms with Gasteiger partial charge in [-0.15, -0.1) is 0 Å². The lowest BCUT2D eigenvalue weighted by molar-refractivity contribution is 0.0697. The molecular weight excluding hydrogens is 496 g/mol. The van der Waals surface area contributed by atoms with Crippen molar-refractivity contribution in [2.75, 3.05) is 5.32 Å². The normalized spacial score (nSPS) is 10.4. The summed E-state index contributed by atoms with van der Waals surface area (Å²) in [5, 5.41) is 16.5. The third kappa shape index (κ3) is 4.35. The summed E-state index contributed by atoms with van der Waals surface area (Å²) in [6, 6.07) is 16.1. The standard InChI is InChI=1S/C19H12Br2N2O3S/c20-11-8-14(18(25)26)16(15(21)9-11)22-19(27)23-17(24)13-7-3-5-10-4-1-2-6-12(10)13/h1-9H,(H,25,26)(H2,22,23,24,27). The molecule has 0 aliphatic rings. The summed E-state index contributed by atoms with van der Waals surface area (Å²) >= 11 is 11.8. The van der Waals surface area contributed by atoms with Gasteiger partial charge < -0.3 is 10.4 Å². The van der Waals surface area contributed by atoms with E-state index in [0.717, 1.165) is 10.8 Å². The fourth-order valence-corrected chi connectivity index (χ4v) is 4.13. The summed E-state index contributed by atoms with van der Waals surface area (Å²) in [7, 11) is 0. The smallest absolute Gasteiger partial charge is 0.337 e. The van der Waals surface area contributed by atoms with Gasteiger partial charge in [0.1, 0.15) is 0 Å². The monoisotopic (exact) mass is 506 g/mol. The average Bonchev–Trinajstić information content (AvgIpc) is 2.63. The van der Waals surface area contributed by atoms with E-state index < -0.39 is 5.97 Å². The van der Waals surface area contributed by atoms with Crippen molar-refractivity contribution in [3.8, 4) is 0 Å². The SMILES string of the molecule is O=C(O)c1cc(Br)cc(Br)c1NC(=S)NC(=O)c1cccc2ccccc12. The molecule has 0 fully saturated rings. The second-order valence-corrected chi connectivity index (χ2v) is 7.73. The topological polar surface area (TPSA) is 78.4 Å². The predicted molar refractivity (Wildman–Crippen MR) is 116 cm³/mol. The summed E-state index contributed by atoms with van der Waals surface area (Å²) in [6.07, 6.45) is 0. The van der Waals surface area contributed by atoms with Crippen LogP contribution in [-0.4, -0.2) is 22.1 Å². The first-order chi connectivity index (χ1) is 12.9. The van der Waals surface area contributed by atoms with E-state index in [2.05, 4.69) is 42.5 Å². The second kappa shape index (κ2) is 8.16. The molecule has 0 bridgehead atoms. The van der Waals surface area contributed by atoms with Gasteiger partial charge >= 0.3 is 5.97 Å². The van der Waals surface area contributed by atoms with Crippen LogP contribution in [0, 0.1) is 0 Å². The first-order valence-electron chi connectivity index (χ1n) is 7.69. The molecule has 0 radical (unpaired) electrons. The van der Waals surface area contributed by atoms with E-state index in [1.807, 2.05) is 30.3 Å². The molecule has 0 aromatic heterocycles. The van der Waals surface area contributed by atoms with Crippen LogP contribution >= 0.6 is 44.1 Å². The summed E-state index contributed by atoms with van der Waals surface area (Å²) in [6.45, 7) is 0. The fourth-order valence-electron chi connectivity index (χ4n) is 2.61. The van der Waals surface area contributed by atoms with E-state index in [-0.39, 0.29) is 22.3 Å². The number of benzene rings is 3. The van der Waals surface area contributed by atoms with Crippen molar-refractivity contribution in [2.45, 2.75) is 0 Å². The van der Waals surface area contributed by atoms with E-state index in [1.165, 1.54) is 6.07 Å². The lowest BCUT2D eigenvalue weighted by Crippen LogP contribution is -2.34. The largest absolute Gasteiger partial charge is 0.478 e. The maximum atomic E-state index is 12.6. The minimum absolute atomic E-state index is 0.00143. The molecule has 0 aliphatic heterocycles. The van der Waals surface area contributed by atoms with Crippen LogP contribution < -0.4 is 10.6 Å². The third-order valence-electron chi connectivity index (χ3n) is 3.79. The van der Waals surface area contributed by atoms with Crippen molar-refractivity contribution in [1.29, 1.82) is 0 Å². The molecule has 27 heavy (non-hydrogen) atoms. The molecule has 0 saturated heterocycles. The Bertz CT molecular complexity index is 1080. The molecule has 3 rings (SSSR count). The number of hydrogen-bond donors (Lipinski definition) is 3. The number of aromatic carboxylic acids is 1. The van der Waals surface area contributed by atoms with E-state index in [4.69, 9.17) is 12.2 Å². The van der Waals surface area contributed by atoms with Crippen LogP contribution in [0.25, 0.3) is 10.8 Å². The van der Waals surface area contributed by atoms with Gasteiger partial charge in [0, 0.05) is 14.5 Å². The Morgan fingerprint density at radius 3 is 2.41 bits per heavy atom. The first-order valence-corrected chi connectivity index (χ1v) is 9.68. The molecule has 5 nitrogen and oxygen atoms in total. The maximum absolute atomic E-state index is 12.6. The summed E-state index contributed by atoms with van der Waals surface area (Å²) in [5.41, 5.74) is 0.748. The van der Waals surface area contributed by atoms with Gasteiger partial charge in [-0.1, -0.05) is 52.3 Å². The molecule has 8 heteroatoms. The summed E-state index contributed by atoms with van der Waals surface area (Å²) in [4.78, 5) is 24.1. The minimum Gasteiger partial charge on any atom is -0.478 e. The zero-order valence-electron chi connectivity index (χ0n) is 13.6. The van der Waals surface area contributed by atoms with Gasteiger partial charge in [-0.3, -0.25) is 10.1 Å². The Balaban J connectivity index is 1.84. The lowest BCUT2D eigenvalue weighted by atomic mass is 10.0. The molecule has 136 valence electrons. The number of carbonyl (C=O) groups is 2. The number of thiocarbonyl (C=S) groups is 1. The predicted octanol–water partition coefficient (Wildman–Crippen LogP) is 5.19. The van der Waals surface area contributed by atoms with Gasteiger partial charge in [0.2, 0.25) is 0 Å². The molecular formula is C19H12Br2N2O3S. The number of carboxylic acids is 1. The van der Waals surface area contributed by atoms with Crippen molar-refractivity contribution in [2.24, 2.45) is 0 Å². The number of hydrogen-bond acceptors (Lipinski definition) is 3. The maximum Gasteiger partial charge on any atom is 0.337 e. The Morgan fingerprint density at radius 1 is 0.963 bits per heavy atom. The molecule has 0 heterocycles. The highest BCUT2D eigenvalue weighted by molar-refractivity contribution is 9.11. The molecule has 0 spiro atoms. The van der Waals surface area contributed by atoms with Crippen LogP contribution in [0.2, 0.25) is 0 Å². The molecule has 0 saturated carbocycles. The highest BCUT2D eigenvalue weighted by Crippen LogP contribution is 2.31. The van der Waals surface area contributed by atoms with Crippen LogP contribution in [0.15, 0.2) is 63.5 Å². The third-order valence-corrected chi connectivity index (χ3v) is 5.07. The number of fused-ring (bicyclic) bond motifs is 1. The molecule has 1 amide bonds. The van der Waals surface area contributed by atoms with Crippen molar-refractivity contribution in [3.63, 3.8) is 0 Å². The number of rotatable bonds is 3. The van der Waals surface area contributed by atoms with Gasteiger partial charge in [0.25, 0.3) is 5.91 Å². The lowest BCUT2D eigenvalue weighted by Gasteiger charge is -2.14. The van der Waals surface area contributed by atoms with E-state index in [9.17, 15) is 14.7 Å². The summed E-state index contributed by atoms with van der Waals surface area (Å²) < 4.78 is 1.10. The molecule has 3 N–H and O–H groups in total. The number of carbonyl (C=O) groups excluding carboxylic acids is 1. The zero-order valence-corrected chi connectivity index (χ0v) is 17.6. The van der Waals surface area contributed by atoms with Crippen LogP contribution in [0.5, 0.6) is 0 Å². The molecule has 0 unspecified atom stereocenters. The Labute approximate surface area is 177 Å². The Kier molecular flexibility index (Phi) is 5.88. The minimum atomic E-state index is -1.12. The van der Waals surface area contributed by atoms with Crippen LogP contribution in [0.4, 0.5) is 5.69 Å². The van der Waals surface area contributed by atoms with Crippen LogP contribution in [0.3, 0.4) is 0 Å². The average molecular weight is 508 g/mol. The van der Waals surface area contributed by atoms with E-state index >= 15 is 0 Å².